The molecule has 12 nitrogen and oxygen atoms in total. The van der Waals surface area contributed by atoms with Gasteiger partial charge in [0.25, 0.3) is 0 Å². The van der Waals surface area contributed by atoms with Gasteiger partial charge in [0.1, 0.15) is 0 Å². The van der Waals surface area contributed by atoms with Gasteiger partial charge in [0.2, 0.25) is 0 Å². The van der Waals surface area contributed by atoms with Crippen LogP contribution in [0.1, 0.15) is 216 Å². The third kappa shape index (κ3) is 75.1. The fourth-order valence-electron chi connectivity index (χ4n) is 5.26. The maximum atomic E-state index is 10.2. The molecule has 0 bridgehead atoms. The van der Waals surface area contributed by atoms with Gasteiger partial charge in [-0.05, 0) is 19.3 Å². The van der Waals surface area contributed by atoms with Crippen LogP contribution < -0.4 is 59.1 Å². The van der Waals surface area contributed by atoms with Crippen LogP contribution in [0.5, 0.6) is 0 Å². The van der Waals surface area contributed by atoms with Gasteiger partial charge >= 0.3 is 90.3 Å². The molecule has 0 aliphatic rings. The van der Waals surface area contributed by atoms with Crippen LogP contribution in [0.2, 0.25) is 0 Å². The normalized spacial score (nSPS) is 11.4. The second kappa shape index (κ2) is 48.0. The third-order valence-corrected chi connectivity index (χ3v) is 9.58. The van der Waals surface area contributed by atoms with Gasteiger partial charge in [-0.1, -0.05) is 194 Å². The molecule has 0 spiro atoms. The number of unbranched alkanes of at least 4 members (excludes halogenated alkanes) is 27. The average Bonchev–Trinajstić information content (AvgIpc) is 3.04. The molecule has 0 amide bonds. The van der Waals surface area contributed by atoms with Crippen LogP contribution in [0.15, 0.2) is 0 Å². The second-order valence-corrected chi connectivity index (χ2v) is 16.6. The number of hydrogen-bond acceptors (Lipinski definition) is 9. The fraction of sp³-hybridized carbons (Fsp3) is 1.00. The van der Waals surface area contributed by atoms with Crippen LogP contribution in [0.3, 0.4) is 0 Å². The Morgan fingerprint density at radius 3 is 0.566 bits per heavy atom. The molecule has 0 aromatic heterocycles. The Hall–Kier alpha value is 1.61. The quantitative estimate of drug-likeness (QED) is 0.0414. The topological polar surface area (TPSA) is 191 Å². The summed E-state index contributed by atoms with van der Waals surface area (Å²) in [5.41, 5.74) is 0. The zero-order valence-corrected chi connectivity index (χ0v) is 41.0. The second-order valence-electron chi connectivity index (χ2n) is 13.3. The van der Waals surface area contributed by atoms with Crippen molar-refractivity contribution in [3.05, 3.63) is 0 Å². The Labute approximate surface area is 374 Å². The van der Waals surface area contributed by atoms with Crippen LogP contribution in [0.25, 0.3) is 0 Å². The average molecular weight is 847 g/mol. The van der Waals surface area contributed by atoms with E-state index in [9.17, 15) is 25.3 Å². The first-order valence-corrected chi connectivity index (χ1v) is 24.1. The first kappa shape index (κ1) is 63.8. The Morgan fingerprint density at radius 1 is 0.302 bits per heavy atom. The molecule has 316 valence electrons. The van der Waals surface area contributed by atoms with Crippen molar-refractivity contribution < 1.29 is 113 Å². The molecule has 0 rings (SSSR count). The van der Waals surface area contributed by atoms with Crippen molar-refractivity contribution in [1.82, 2.24) is 0 Å². The Balaban J connectivity index is -0.000000121. The van der Waals surface area contributed by atoms with E-state index in [0.717, 1.165) is 38.5 Å². The number of hydrogen-bond donors (Lipinski definition) is 3. The molecule has 0 saturated heterocycles. The van der Waals surface area contributed by atoms with Crippen LogP contribution in [-0.4, -0.2) is 58.7 Å². The molecule has 0 heterocycles. The molecule has 53 heavy (non-hydrogen) atoms. The number of rotatable bonds is 36. The fourth-order valence-corrected chi connectivity index (χ4v) is 6.25. The summed E-state index contributed by atoms with van der Waals surface area (Å²) in [6, 6.07) is 0. The van der Waals surface area contributed by atoms with Gasteiger partial charge in [0.05, 0.1) is 19.8 Å². The summed E-state index contributed by atoms with van der Waals surface area (Å²) in [7, 11) is -12.7. The van der Waals surface area contributed by atoms with Gasteiger partial charge in [0, 0.05) is 0 Å². The molecular formula is C36H80Na2O12S3. The summed E-state index contributed by atoms with van der Waals surface area (Å²) in [4.78, 5) is 0. The molecule has 17 heteroatoms. The predicted molar refractivity (Wildman–Crippen MR) is 210 cm³/mol. The smallest absolute Gasteiger partial charge is 1.00 e. The van der Waals surface area contributed by atoms with E-state index in [1.165, 1.54) is 135 Å². The van der Waals surface area contributed by atoms with Crippen molar-refractivity contribution in [2.24, 2.45) is 0 Å². The van der Waals surface area contributed by atoms with E-state index in [-0.39, 0.29) is 81.8 Å². The van der Waals surface area contributed by atoms with E-state index in [0.29, 0.717) is 19.3 Å². The van der Waals surface area contributed by atoms with Gasteiger partial charge in [-0.25, -0.2) is 12.5 Å². The molecule has 0 atom stereocenters. The SMILES string of the molecule is CCCCCCCCCCCCOS(=O)(=O)O.CCCCCCCCCCCCOS(=O)(=O)O.CCCCCCCCCCCCOS(=O)(=O)O.[H-].[H-].[Na+].[Na+]. The molecule has 0 saturated carbocycles. The van der Waals surface area contributed by atoms with Crippen LogP contribution in [-0.2, 0) is 43.7 Å². The van der Waals surface area contributed by atoms with Crippen molar-refractivity contribution in [3.63, 3.8) is 0 Å². The molecule has 0 radical (unpaired) electrons. The summed E-state index contributed by atoms with van der Waals surface area (Å²) in [6.07, 6.45) is 35.6. The summed E-state index contributed by atoms with van der Waals surface area (Å²) in [5, 5.41) is 0. The van der Waals surface area contributed by atoms with Crippen molar-refractivity contribution in [1.29, 1.82) is 0 Å². The standard InChI is InChI=1S/3C12H26O4S.2Na.2H/c3*1-2-3-4-5-6-7-8-9-10-11-12-16-17(13,14)15;;;;/h3*2-12H2,1H3,(H,13,14,15);;;;/q;;;2*+1;2*-1. The van der Waals surface area contributed by atoms with Gasteiger partial charge in [-0.3, -0.25) is 13.7 Å². The minimum Gasteiger partial charge on any atom is -1.00 e. The first-order valence-electron chi connectivity index (χ1n) is 20.0. The zero-order chi connectivity index (χ0) is 39.0. The molecule has 0 fully saturated rings. The Morgan fingerprint density at radius 2 is 0.434 bits per heavy atom. The maximum Gasteiger partial charge on any atom is 1.00 e. The maximum absolute atomic E-state index is 10.2. The summed E-state index contributed by atoms with van der Waals surface area (Å²) < 4.78 is 99.0. The van der Waals surface area contributed by atoms with E-state index in [1.54, 1.807) is 0 Å². The van der Waals surface area contributed by atoms with E-state index in [2.05, 4.69) is 33.3 Å². The van der Waals surface area contributed by atoms with Gasteiger partial charge in [-0.15, -0.1) is 0 Å². The molecular weight excluding hydrogens is 767 g/mol. The Kier molecular flexibility index (Phi) is 57.7. The minimum absolute atomic E-state index is 0. The monoisotopic (exact) mass is 846 g/mol. The van der Waals surface area contributed by atoms with E-state index in [4.69, 9.17) is 13.7 Å². The molecule has 0 aliphatic heterocycles. The minimum atomic E-state index is -4.23. The largest absolute Gasteiger partial charge is 1.00 e. The van der Waals surface area contributed by atoms with Gasteiger partial charge in [-0.2, -0.15) is 25.3 Å². The molecule has 0 aromatic carbocycles. The van der Waals surface area contributed by atoms with Crippen molar-refractivity contribution in [2.45, 2.75) is 213 Å². The predicted octanol–water partition coefficient (Wildman–Crippen LogP) is 5.41. The van der Waals surface area contributed by atoms with E-state index in [1.807, 2.05) is 0 Å². The first-order chi connectivity index (χ1) is 24.2. The summed E-state index contributed by atoms with van der Waals surface area (Å²) in [5.74, 6) is 0. The molecule has 0 aromatic rings. The van der Waals surface area contributed by atoms with Crippen LogP contribution in [0, 0.1) is 0 Å². The van der Waals surface area contributed by atoms with E-state index >= 15 is 0 Å². The van der Waals surface area contributed by atoms with Crippen LogP contribution >= 0.6 is 0 Å². The van der Waals surface area contributed by atoms with Gasteiger partial charge < -0.3 is 2.85 Å². The van der Waals surface area contributed by atoms with Crippen molar-refractivity contribution in [2.75, 3.05) is 19.8 Å². The zero-order valence-electron chi connectivity index (χ0n) is 36.6. The van der Waals surface area contributed by atoms with Gasteiger partial charge in [0.15, 0.2) is 0 Å². The summed E-state index contributed by atoms with van der Waals surface area (Å²) in [6.45, 7) is 6.93. The van der Waals surface area contributed by atoms with E-state index < -0.39 is 31.2 Å². The Bertz CT molecular complexity index is 901. The van der Waals surface area contributed by atoms with Crippen molar-refractivity contribution >= 4 is 31.2 Å². The third-order valence-electron chi connectivity index (χ3n) is 8.19. The molecule has 0 unspecified atom stereocenters. The molecule has 3 N–H and O–H groups in total. The summed E-state index contributed by atoms with van der Waals surface area (Å²) >= 11 is 0. The van der Waals surface area contributed by atoms with Crippen LogP contribution in [0.4, 0.5) is 0 Å². The van der Waals surface area contributed by atoms with Crippen molar-refractivity contribution in [3.8, 4) is 0 Å². The molecule has 0 aliphatic carbocycles.